The van der Waals surface area contributed by atoms with Gasteiger partial charge in [-0.15, -0.1) is 11.8 Å². The summed E-state index contributed by atoms with van der Waals surface area (Å²) in [6, 6.07) is 10.8. The Hall–Kier alpha value is -3.24. The predicted molar refractivity (Wildman–Crippen MR) is 121 cm³/mol. The lowest BCUT2D eigenvalue weighted by Crippen LogP contribution is -2.28. The van der Waals surface area contributed by atoms with E-state index in [9.17, 15) is 9.59 Å². The summed E-state index contributed by atoms with van der Waals surface area (Å²) in [5, 5.41) is 11.0. The number of thioether (sulfide) groups is 1. The fraction of sp³-hybridized carbons (Fsp3) is 0.318. The Morgan fingerprint density at radius 1 is 1.09 bits per heavy atom. The first-order valence-corrected chi connectivity index (χ1v) is 11.4. The number of aromatic nitrogens is 4. The molecule has 1 atom stereocenters. The first-order valence-electron chi connectivity index (χ1n) is 10.5. The van der Waals surface area contributed by atoms with Crippen LogP contribution < -0.4 is 10.6 Å². The number of ether oxygens (including phenoxy) is 1. The van der Waals surface area contributed by atoms with E-state index in [0.717, 1.165) is 24.3 Å². The number of hydrogen-bond acceptors (Lipinski definition) is 7. The number of carbonyl (C=O) groups excluding carboxylic acids is 2. The van der Waals surface area contributed by atoms with Gasteiger partial charge in [0.05, 0.1) is 16.9 Å². The number of nitrogens with zero attached hydrogens (tertiary/aromatic N) is 4. The van der Waals surface area contributed by atoms with Crippen LogP contribution in [0.15, 0.2) is 60.0 Å². The zero-order chi connectivity index (χ0) is 22.2. The van der Waals surface area contributed by atoms with Gasteiger partial charge in [0.1, 0.15) is 11.9 Å². The Kier molecular flexibility index (Phi) is 7.47. The van der Waals surface area contributed by atoms with Gasteiger partial charge >= 0.3 is 0 Å². The van der Waals surface area contributed by atoms with Crippen molar-refractivity contribution < 1.29 is 14.3 Å². The summed E-state index contributed by atoms with van der Waals surface area (Å²) < 4.78 is 7.40. The second-order valence-electron chi connectivity index (χ2n) is 7.13. The van der Waals surface area contributed by atoms with Crippen molar-refractivity contribution in [3.05, 3.63) is 66.4 Å². The summed E-state index contributed by atoms with van der Waals surface area (Å²) in [4.78, 5) is 33.8. The molecule has 32 heavy (non-hydrogen) atoms. The SMILES string of the molecule is O=C(Nc1cn(C2CCCCO2)nc1C(=O)NCCSc1ccccn1)c1ccccn1. The van der Waals surface area contributed by atoms with Gasteiger partial charge in [-0.05, 0) is 43.5 Å². The minimum absolute atomic E-state index is 0.145. The summed E-state index contributed by atoms with van der Waals surface area (Å²) >= 11 is 1.55. The van der Waals surface area contributed by atoms with E-state index in [2.05, 4.69) is 25.7 Å². The summed E-state index contributed by atoms with van der Waals surface area (Å²) in [7, 11) is 0. The number of pyridine rings is 2. The quantitative estimate of drug-likeness (QED) is 0.399. The molecule has 4 rings (SSSR count). The van der Waals surface area contributed by atoms with Gasteiger partial charge in [-0.1, -0.05) is 12.1 Å². The molecule has 0 radical (unpaired) electrons. The van der Waals surface area contributed by atoms with Crippen molar-refractivity contribution in [2.24, 2.45) is 0 Å². The van der Waals surface area contributed by atoms with Gasteiger partial charge in [0.25, 0.3) is 11.8 Å². The lowest BCUT2D eigenvalue weighted by atomic mass is 10.2. The lowest BCUT2D eigenvalue weighted by Gasteiger charge is -2.22. The lowest BCUT2D eigenvalue weighted by molar-refractivity contribution is -0.0395. The molecule has 0 bridgehead atoms. The second-order valence-corrected chi connectivity index (χ2v) is 8.25. The zero-order valence-electron chi connectivity index (χ0n) is 17.4. The van der Waals surface area contributed by atoms with E-state index in [1.165, 1.54) is 0 Å². The van der Waals surface area contributed by atoms with E-state index < -0.39 is 5.91 Å². The average molecular weight is 453 g/mol. The van der Waals surface area contributed by atoms with Gasteiger partial charge in [-0.25, -0.2) is 9.67 Å². The number of nitrogens with one attached hydrogen (secondary N) is 2. The maximum atomic E-state index is 12.9. The third kappa shape index (κ3) is 5.71. The Balaban J connectivity index is 1.45. The predicted octanol–water partition coefficient (Wildman–Crippen LogP) is 3.15. The van der Waals surface area contributed by atoms with E-state index in [4.69, 9.17) is 4.74 Å². The third-order valence-corrected chi connectivity index (χ3v) is 5.76. The van der Waals surface area contributed by atoms with E-state index in [0.29, 0.717) is 24.6 Å². The summed E-state index contributed by atoms with van der Waals surface area (Å²) in [6.07, 6.45) is 7.49. The molecular formula is C22H24N6O3S. The van der Waals surface area contributed by atoms with E-state index in [1.807, 2.05) is 18.2 Å². The minimum atomic E-state index is -0.408. The van der Waals surface area contributed by atoms with Gasteiger partial charge in [-0.3, -0.25) is 14.6 Å². The molecule has 166 valence electrons. The third-order valence-electron chi connectivity index (χ3n) is 4.82. The van der Waals surface area contributed by atoms with Crippen LogP contribution in [-0.4, -0.2) is 50.5 Å². The molecule has 10 heteroatoms. The van der Waals surface area contributed by atoms with Crippen LogP contribution in [0.3, 0.4) is 0 Å². The van der Waals surface area contributed by atoms with E-state index >= 15 is 0 Å². The maximum Gasteiger partial charge on any atom is 0.274 e. The molecule has 1 fully saturated rings. The smallest absolute Gasteiger partial charge is 0.274 e. The van der Waals surface area contributed by atoms with E-state index in [1.54, 1.807) is 53.2 Å². The molecule has 2 amide bonds. The molecule has 4 heterocycles. The molecule has 1 unspecified atom stereocenters. The minimum Gasteiger partial charge on any atom is -0.357 e. The van der Waals surface area contributed by atoms with Crippen molar-refractivity contribution >= 4 is 29.3 Å². The van der Waals surface area contributed by atoms with Crippen molar-refractivity contribution in [1.29, 1.82) is 0 Å². The van der Waals surface area contributed by atoms with Crippen LogP contribution in [0.2, 0.25) is 0 Å². The molecule has 3 aromatic rings. The number of rotatable bonds is 8. The van der Waals surface area contributed by atoms with Gasteiger partial charge in [0.15, 0.2) is 5.69 Å². The normalized spacial score (nSPS) is 15.8. The first-order chi connectivity index (χ1) is 15.7. The monoisotopic (exact) mass is 452 g/mol. The van der Waals surface area contributed by atoms with Gasteiger partial charge in [0.2, 0.25) is 0 Å². The van der Waals surface area contributed by atoms with Crippen molar-refractivity contribution in [1.82, 2.24) is 25.1 Å². The molecule has 1 saturated heterocycles. The van der Waals surface area contributed by atoms with Crippen LogP contribution in [0.5, 0.6) is 0 Å². The molecular weight excluding hydrogens is 428 g/mol. The Morgan fingerprint density at radius 3 is 2.66 bits per heavy atom. The number of amides is 2. The molecule has 0 aromatic carbocycles. The van der Waals surface area contributed by atoms with Crippen LogP contribution in [-0.2, 0) is 4.74 Å². The van der Waals surface area contributed by atoms with Crippen molar-refractivity contribution in [2.45, 2.75) is 30.5 Å². The molecule has 1 aliphatic heterocycles. The van der Waals surface area contributed by atoms with Crippen LogP contribution in [0.4, 0.5) is 5.69 Å². The van der Waals surface area contributed by atoms with Crippen molar-refractivity contribution in [3.8, 4) is 0 Å². The van der Waals surface area contributed by atoms with Crippen LogP contribution in [0.25, 0.3) is 0 Å². The van der Waals surface area contributed by atoms with Crippen molar-refractivity contribution in [3.63, 3.8) is 0 Å². The molecule has 3 aromatic heterocycles. The zero-order valence-corrected chi connectivity index (χ0v) is 18.3. The largest absolute Gasteiger partial charge is 0.357 e. The molecule has 0 aliphatic carbocycles. The summed E-state index contributed by atoms with van der Waals surface area (Å²) in [6.45, 7) is 1.08. The van der Waals surface area contributed by atoms with E-state index in [-0.39, 0.29) is 23.5 Å². The Labute approximate surface area is 190 Å². The molecule has 0 saturated carbocycles. The fourth-order valence-electron chi connectivity index (χ4n) is 3.25. The standard InChI is InChI=1S/C22H24N6O3S/c29-21(16-7-1-4-10-23-16)26-17-15-28(19-9-3-6-13-31-19)27-20(17)22(30)25-12-14-32-18-8-2-5-11-24-18/h1-2,4-5,7-8,10-11,15,19H,3,6,9,12-14H2,(H,25,30)(H,26,29). The Morgan fingerprint density at radius 2 is 1.94 bits per heavy atom. The highest BCUT2D eigenvalue weighted by Crippen LogP contribution is 2.25. The topological polar surface area (TPSA) is 111 Å². The van der Waals surface area contributed by atoms with Crippen molar-refractivity contribution in [2.75, 3.05) is 24.2 Å². The Bertz CT molecular complexity index is 1040. The second kappa shape index (κ2) is 10.9. The van der Waals surface area contributed by atoms with Gasteiger partial charge in [0, 0.05) is 31.3 Å². The fourth-order valence-corrected chi connectivity index (χ4v) is 3.97. The number of carbonyl (C=O) groups is 2. The number of anilines is 1. The van der Waals surface area contributed by atoms with Crippen LogP contribution in [0.1, 0.15) is 46.5 Å². The van der Waals surface area contributed by atoms with Gasteiger partial charge in [-0.2, -0.15) is 5.10 Å². The summed E-state index contributed by atoms with van der Waals surface area (Å²) in [5.41, 5.74) is 0.725. The molecule has 0 spiro atoms. The highest BCUT2D eigenvalue weighted by atomic mass is 32.2. The molecule has 9 nitrogen and oxygen atoms in total. The highest BCUT2D eigenvalue weighted by Gasteiger charge is 2.24. The maximum absolute atomic E-state index is 12.9. The molecule has 1 aliphatic rings. The number of hydrogen-bond donors (Lipinski definition) is 2. The van der Waals surface area contributed by atoms with Gasteiger partial charge < -0.3 is 15.4 Å². The van der Waals surface area contributed by atoms with Crippen LogP contribution in [0, 0.1) is 0 Å². The van der Waals surface area contributed by atoms with Crippen LogP contribution >= 0.6 is 11.8 Å². The highest BCUT2D eigenvalue weighted by molar-refractivity contribution is 7.99. The first kappa shape index (κ1) is 22.0. The average Bonchev–Trinajstić information content (AvgIpc) is 3.27. The summed E-state index contributed by atoms with van der Waals surface area (Å²) in [5.74, 6) is -0.114. The molecule has 2 N–H and O–H groups in total.